The monoisotopic (exact) mass is 645 g/mol. The number of phenols is 1. The summed E-state index contributed by atoms with van der Waals surface area (Å²) in [4.78, 5) is 26.2. The standard InChI is InChI=1S/C37H28ClN3O6/c1-22-30(37(45)41(39-22)26-11-7-10-25(38)15-26)14-24-19-40(31-13-6-5-12-29(24)31)20-27(42)21-46-28-16-32(43)36-33(44)18-34(47-35(36)17-28)23-8-3-2-4-9-23/h2-19,27,42-43H,20-21H2,1H3/b30-14+/t27-/m0/s1. The van der Waals surface area contributed by atoms with Gasteiger partial charge in [0.2, 0.25) is 0 Å². The number of rotatable bonds is 8. The molecule has 47 heavy (non-hydrogen) atoms. The van der Waals surface area contributed by atoms with Crippen LogP contribution < -0.4 is 15.2 Å². The van der Waals surface area contributed by atoms with Gasteiger partial charge in [0.1, 0.15) is 40.9 Å². The molecule has 0 unspecified atom stereocenters. The molecule has 10 heteroatoms. The topological polar surface area (TPSA) is 118 Å². The summed E-state index contributed by atoms with van der Waals surface area (Å²) in [6, 6.07) is 28.1. The van der Waals surface area contributed by atoms with Gasteiger partial charge in [-0.1, -0.05) is 66.2 Å². The zero-order valence-corrected chi connectivity index (χ0v) is 25.9. The van der Waals surface area contributed by atoms with Crippen molar-refractivity contribution in [1.29, 1.82) is 0 Å². The van der Waals surface area contributed by atoms with Crippen LogP contribution in [0.15, 0.2) is 123 Å². The van der Waals surface area contributed by atoms with Crippen LogP contribution in [0, 0.1) is 0 Å². The van der Waals surface area contributed by atoms with Gasteiger partial charge in [-0.2, -0.15) is 10.1 Å². The van der Waals surface area contributed by atoms with Gasteiger partial charge in [0.05, 0.1) is 23.5 Å². The first kappa shape index (κ1) is 30.0. The Labute approximate surface area is 273 Å². The van der Waals surface area contributed by atoms with Crippen LogP contribution in [0.1, 0.15) is 12.5 Å². The number of aliphatic hydroxyl groups excluding tert-OH is 1. The van der Waals surface area contributed by atoms with Crippen LogP contribution in [0.4, 0.5) is 5.69 Å². The first-order valence-electron chi connectivity index (χ1n) is 14.9. The number of ether oxygens (including phenoxy) is 1. The summed E-state index contributed by atoms with van der Waals surface area (Å²) in [5, 5.41) is 28.9. The highest BCUT2D eigenvalue weighted by atomic mass is 35.5. The summed E-state index contributed by atoms with van der Waals surface area (Å²) in [7, 11) is 0. The van der Waals surface area contributed by atoms with E-state index in [1.165, 1.54) is 23.2 Å². The van der Waals surface area contributed by atoms with Crippen molar-refractivity contribution in [3.8, 4) is 22.8 Å². The van der Waals surface area contributed by atoms with Gasteiger partial charge in [0.15, 0.2) is 5.43 Å². The lowest BCUT2D eigenvalue weighted by Gasteiger charge is -2.15. The van der Waals surface area contributed by atoms with Crippen LogP contribution >= 0.6 is 11.6 Å². The van der Waals surface area contributed by atoms with Crippen molar-refractivity contribution >= 4 is 56.9 Å². The number of anilines is 1. The van der Waals surface area contributed by atoms with E-state index in [9.17, 15) is 19.8 Å². The van der Waals surface area contributed by atoms with Gasteiger partial charge in [0, 0.05) is 51.4 Å². The number of halogens is 1. The summed E-state index contributed by atoms with van der Waals surface area (Å²) >= 11 is 6.14. The first-order valence-corrected chi connectivity index (χ1v) is 15.3. The number of phenolic OH excluding ortho intramolecular Hbond substituents is 1. The minimum absolute atomic E-state index is 0.0507. The molecule has 0 fully saturated rings. The number of hydrazone groups is 1. The molecule has 0 saturated carbocycles. The molecule has 1 amide bonds. The maximum atomic E-state index is 13.4. The molecule has 0 bridgehead atoms. The summed E-state index contributed by atoms with van der Waals surface area (Å²) in [6.45, 7) is 1.87. The van der Waals surface area contributed by atoms with Crippen molar-refractivity contribution < 1.29 is 24.2 Å². The first-order chi connectivity index (χ1) is 22.7. The van der Waals surface area contributed by atoms with Gasteiger partial charge in [-0.3, -0.25) is 9.59 Å². The van der Waals surface area contributed by atoms with Gasteiger partial charge in [-0.15, -0.1) is 0 Å². The highest BCUT2D eigenvalue weighted by Crippen LogP contribution is 2.32. The molecule has 3 heterocycles. The fraction of sp³-hybridized carbons (Fsp3) is 0.108. The third kappa shape index (κ3) is 5.90. The predicted octanol–water partition coefficient (Wildman–Crippen LogP) is 7.02. The Bertz CT molecular complexity index is 2290. The number of aliphatic hydroxyl groups is 1. The molecule has 2 aromatic heterocycles. The van der Waals surface area contributed by atoms with Crippen LogP contribution in [-0.2, 0) is 11.3 Å². The predicted molar refractivity (Wildman–Crippen MR) is 183 cm³/mol. The van der Waals surface area contributed by atoms with Gasteiger partial charge in [-0.05, 0) is 37.3 Å². The molecule has 1 aliphatic heterocycles. The number of aromatic hydroxyl groups is 1. The number of carbonyl (C=O) groups excluding carboxylic acids is 1. The molecule has 0 radical (unpaired) electrons. The van der Waals surface area contributed by atoms with E-state index >= 15 is 0 Å². The number of nitrogens with zero attached hydrogens (tertiary/aromatic N) is 3. The Hall–Kier alpha value is -5.64. The molecular weight excluding hydrogens is 618 g/mol. The molecular formula is C37H28ClN3O6. The van der Waals surface area contributed by atoms with Crippen LogP contribution in [0.5, 0.6) is 11.5 Å². The van der Waals surface area contributed by atoms with Crippen molar-refractivity contribution in [2.45, 2.75) is 19.6 Å². The lowest BCUT2D eigenvalue weighted by Crippen LogP contribution is -2.23. The maximum absolute atomic E-state index is 13.4. The van der Waals surface area contributed by atoms with Crippen molar-refractivity contribution in [3.63, 3.8) is 0 Å². The van der Waals surface area contributed by atoms with Crippen LogP contribution in [0.3, 0.4) is 0 Å². The highest BCUT2D eigenvalue weighted by molar-refractivity contribution is 6.33. The average molecular weight is 646 g/mol. The molecule has 234 valence electrons. The van der Waals surface area contributed by atoms with E-state index in [0.29, 0.717) is 27.8 Å². The van der Waals surface area contributed by atoms with Crippen LogP contribution in [0.25, 0.3) is 39.3 Å². The molecule has 0 aliphatic carbocycles. The van der Waals surface area contributed by atoms with E-state index in [2.05, 4.69) is 5.10 Å². The third-order valence-corrected chi connectivity index (χ3v) is 8.16. The fourth-order valence-corrected chi connectivity index (χ4v) is 5.89. The Morgan fingerprint density at radius 1 is 0.979 bits per heavy atom. The van der Waals surface area contributed by atoms with Crippen molar-refractivity contribution in [1.82, 2.24) is 4.57 Å². The van der Waals surface area contributed by atoms with Crippen LogP contribution in [-0.4, -0.2) is 39.1 Å². The Morgan fingerprint density at radius 2 is 1.77 bits per heavy atom. The number of amides is 1. The number of aromatic nitrogens is 1. The Morgan fingerprint density at radius 3 is 2.57 bits per heavy atom. The van der Waals surface area contributed by atoms with Gasteiger partial charge >= 0.3 is 0 Å². The second kappa shape index (κ2) is 12.3. The normalized spacial score (nSPS) is 14.7. The molecule has 0 spiro atoms. The van der Waals surface area contributed by atoms with E-state index in [1.54, 1.807) is 31.2 Å². The number of hydrogen-bond acceptors (Lipinski definition) is 7. The summed E-state index contributed by atoms with van der Waals surface area (Å²) < 4.78 is 13.7. The molecule has 7 rings (SSSR count). The fourth-order valence-electron chi connectivity index (χ4n) is 5.71. The molecule has 6 aromatic rings. The van der Waals surface area contributed by atoms with Crippen molar-refractivity contribution in [2.24, 2.45) is 5.10 Å². The van der Waals surface area contributed by atoms with Gasteiger partial charge in [0.25, 0.3) is 5.91 Å². The molecule has 1 atom stereocenters. The van der Waals surface area contributed by atoms with E-state index < -0.39 is 6.10 Å². The highest BCUT2D eigenvalue weighted by Gasteiger charge is 2.29. The van der Waals surface area contributed by atoms with Gasteiger partial charge < -0.3 is 23.9 Å². The van der Waals surface area contributed by atoms with E-state index in [-0.39, 0.29) is 47.0 Å². The summed E-state index contributed by atoms with van der Waals surface area (Å²) in [6.07, 6.45) is 2.75. The number of para-hydroxylation sites is 1. The molecule has 1 aliphatic rings. The Kier molecular flexibility index (Phi) is 7.85. The van der Waals surface area contributed by atoms with E-state index in [1.807, 2.05) is 71.4 Å². The molecule has 0 saturated heterocycles. The van der Waals surface area contributed by atoms with Crippen molar-refractivity contribution in [2.75, 3.05) is 11.6 Å². The minimum atomic E-state index is -0.943. The maximum Gasteiger partial charge on any atom is 0.280 e. The Balaban J connectivity index is 1.11. The zero-order valence-electron chi connectivity index (χ0n) is 25.1. The SMILES string of the molecule is CC1=NN(c2cccc(Cl)c2)C(=O)/C1=C/c1cn(C[C@H](O)COc2cc(O)c3c(=O)cc(-c4ccccc4)oc3c2)c2ccccc12. The lowest BCUT2D eigenvalue weighted by molar-refractivity contribution is -0.114. The van der Waals surface area contributed by atoms with E-state index in [0.717, 1.165) is 22.0 Å². The molecule has 9 nitrogen and oxygen atoms in total. The van der Waals surface area contributed by atoms with Crippen molar-refractivity contribution in [3.05, 3.63) is 130 Å². The summed E-state index contributed by atoms with van der Waals surface area (Å²) in [5.41, 5.74) is 3.78. The summed E-state index contributed by atoms with van der Waals surface area (Å²) in [5.74, 6) is 0.0656. The lowest BCUT2D eigenvalue weighted by atomic mass is 10.1. The zero-order chi connectivity index (χ0) is 32.7. The number of carbonyl (C=O) groups is 1. The number of hydrogen-bond donors (Lipinski definition) is 2. The molecule has 2 N–H and O–H groups in total. The second-order valence-corrected chi connectivity index (χ2v) is 11.7. The third-order valence-electron chi connectivity index (χ3n) is 7.93. The van der Waals surface area contributed by atoms with E-state index in [4.69, 9.17) is 20.8 Å². The quantitative estimate of drug-likeness (QED) is 0.172. The molecule has 4 aromatic carbocycles. The number of fused-ring (bicyclic) bond motifs is 2. The van der Waals surface area contributed by atoms with Crippen LogP contribution in [0.2, 0.25) is 5.02 Å². The largest absolute Gasteiger partial charge is 0.507 e. The van der Waals surface area contributed by atoms with Gasteiger partial charge in [-0.25, -0.2) is 0 Å². The second-order valence-electron chi connectivity index (χ2n) is 11.2. The minimum Gasteiger partial charge on any atom is -0.507 e. The number of benzene rings is 4. The average Bonchev–Trinajstić information content (AvgIpc) is 3.55. The smallest absolute Gasteiger partial charge is 0.280 e.